The van der Waals surface area contributed by atoms with Crippen LogP contribution < -0.4 is 0 Å². The Morgan fingerprint density at radius 3 is 2.09 bits per heavy atom. The molecule has 0 radical (unpaired) electrons. The van der Waals surface area contributed by atoms with Gasteiger partial charge in [-0.3, -0.25) is 0 Å². The summed E-state index contributed by atoms with van der Waals surface area (Å²) >= 11 is 0. The molecule has 1 atom stereocenters. The van der Waals surface area contributed by atoms with Crippen LogP contribution in [0, 0.1) is 0 Å². The number of rotatable bonds is 14. The maximum Gasteiger partial charge on any atom is 0.333 e. The van der Waals surface area contributed by atoms with Crippen LogP contribution in [0.15, 0.2) is 23.8 Å². The fourth-order valence-electron chi connectivity index (χ4n) is 2.86. The van der Waals surface area contributed by atoms with Gasteiger partial charge >= 0.3 is 5.97 Å². The third kappa shape index (κ3) is 10.3. The van der Waals surface area contributed by atoms with Gasteiger partial charge in [0.1, 0.15) is 0 Å². The van der Waals surface area contributed by atoms with Crippen LogP contribution in [0.3, 0.4) is 0 Å². The van der Waals surface area contributed by atoms with Crippen LogP contribution in [0.5, 0.6) is 0 Å². The summed E-state index contributed by atoms with van der Waals surface area (Å²) in [7, 11) is 0. The minimum atomic E-state index is -0.990. The molecule has 0 aliphatic carbocycles. The Bertz CT molecular complexity index is 371. The van der Waals surface area contributed by atoms with Crippen molar-refractivity contribution in [3.8, 4) is 0 Å². The van der Waals surface area contributed by atoms with Crippen LogP contribution in [0.2, 0.25) is 0 Å². The third-order valence-corrected chi connectivity index (χ3v) is 4.33. The molecule has 0 amide bonds. The van der Waals surface area contributed by atoms with Crippen LogP contribution in [-0.4, -0.2) is 17.4 Å². The summed E-state index contributed by atoms with van der Waals surface area (Å²) in [5, 5.41) is 9.45. The summed E-state index contributed by atoms with van der Waals surface area (Å²) in [6.45, 7) is 2.25. The largest absolute Gasteiger partial charge is 0.429 e. The van der Waals surface area contributed by atoms with Crippen molar-refractivity contribution in [2.45, 2.75) is 96.7 Å². The van der Waals surface area contributed by atoms with Gasteiger partial charge in [0, 0.05) is 11.6 Å². The smallest absolute Gasteiger partial charge is 0.333 e. The molecule has 0 saturated carbocycles. The molecule has 23 heavy (non-hydrogen) atoms. The Labute approximate surface area is 141 Å². The van der Waals surface area contributed by atoms with Crippen LogP contribution in [0.1, 0.15) is 90.4 Å². The van der Waals surface area contributed by atoms with Gasteiger partial charge in [-0.15, -0.1) is 0 Å². The summed E-state index contributed by atoms with van der Waals surface area (Å²) in [6.07, 6.45) is 21.0. The van der Waals surface area contributed by atoms with Gasteiger partial charge in [0.2, 0.25) is 6.29 Å². The molecule has 0 aromatic heterocycles. The lowest BCUT2D eigenvalue weighted by Gasteiger charge is -2.06. The van der Waals surface area contributed by atoms with Crippen molar-refractivity contribution >= 4 is 5.97 Å². The summed E-state index contributed by atoms with van der Waals surface area (Å²) in [6, 6.07) is 0. The highest BCUT2D eigenvalue weighted by Gasteiger charge is 2.22. The van der Waals surface area contributed by atoms with E-state index in [9.17, 15) is 9.90 Å². The van der Waals surface area contributed by atoms with Gasteiger partial charge in [-0.1, -0.05) is 64.0 Å². The lowest BCUT2D eigenvalue weighted by Crippen LogP contribution is -2.09. The van der Waals surface area contributed by atoms with Gasteiger partial charge in [-0.2, -0.15) is 0 Å². The predicted octanol–water partition coefficient (Wildman–Crippen LogP) is 5.44. The Hall–Kier alpha value is -1.09. The van der Waals surface area contributed by atoms with E-state index in [-0.39, 0.29) is 0 Å². The number of hydrogen-bond acceptors (Lipinski definition) is 3. The van der Waals surface area contributed by atoms with Crippen molar-refractivity contribution in [2.75, 3.05) is 0 Å². The zero-order valence-corrected chi connectivity index (χ0v) is 14.8. The second-order valence-corrected chi connectivity index (χ2v) is 6.49. The van der Waals surface area contributed by atoms with E-state index < -0.39 is 12.3 Å². The SMILES string of the molecule is CCCCCCC=CCCCCCCCCC1=CC(=O)OC1O. The molecule has 1 aliphatic rings. The molecule has 3 heteroatoms. The summed E-state index contributed by atoms with van der Waals surface area (Å²) in [4.78, 5) is 10.9. The van der Waals surface area contributed by atoms with Crippen molar-refractivity contribution in [1.29, 1.82) is 0 Å². The van der Waals surface area contributed by atoms with Crippen LogP contribution >= 0.6 is 0 Å². The zero-order valence-electron chi connectivity index (χ0n) is 14.8. The molecular formula is C20H34O3. The van der Waals surface area contributed by atoms with Crippen LogP contribution in [0.4, 0.5) is 0 Å². The third-order valence-electron chi connectivity index (χ3n) is 4.33. The molecule has 1 rings (SSSR count). The maximum atomic E-state index is 10.9. The second-order valence-electron chi connectivity index (χ2n) is 6.49. The van der Waals surface area contributed by atoms with Crippen molar-refractivity contribution in [3.63, 3.8) is 0 Å². The number of aliphatic hydroxyl groups excluding tert-OH is 1. The van der Waals surface area contributed by atoms with E-state index >= 15 is 0 Å². The molecule has 132 valence electrons. The highest BCUT2D eigenvalue weighted by Crippen LogP contribution is 2.20. The number of hydrogen-bond donors (Lipinski definition) is 1. The summed E-state index contributed by atoms with van der Waals surface area (Å²) in [5.74, 6) is -0.411. The monoisotopic (exact) mass is 322 g/mol. The lowest BCUT2D eigenvalue weighted by atomic mass is 10.0. The molecule has 0 aromatic carbocycles. The molecule has 1 aliphatic heterocycles. The first-order chi connectivity index (χ1) is 11.2. The normalized spacial score (nSPS) is 17.7. The zero-order chi connectivity index (χ0) is 16.8. The highest BCUT2D eigenvalue weighted by molar-refractivity contribution is 5.85. The number of carbonyl (C=O) groups excluding carboxylic acids is 1. The van der Waals surface area contributed by atoms with Crippen molar-refractivity contribution in [3.05, 3.63) is 23.8 Å². The molecule has 1 unspecified atom stereocenters. The van der Waals surface area contributed by atoms with Crippen LogP contribution in [0.25, 0.3) is 0 Å². The van der Waals surface area contributed by atoms with E-state index in [0.29, 0.717) is 0 Å². The lowest BCUT2D eigenvalue weighted by molar-refractivity contribution is -0.151. The Morgan fingerprint density at radius 1 is 0.957 bits per heavy atom. The molecule has 1 heterocycles. The number of carbonyl (C=O) groups is 1. The van der Waals surface area contributed by atoms with Gasteiger partial charge in [-0.05, 0) is 38.5 Å². The molecule has 0 fully saturated rings. The average Bonchev–Trinajstić information content (AvgIpc) is 2.85. The molecule has 0 bridgehead atoms. The van der Waals surface area contributed by atoms with E-state index in [0.717, 1.165) is 24.8 Å². The minimum absolute atomic E-state index is 0.411. The fraction of sp³-hybridized carbons (Fsp3) is 0.750. The quantitative estimate of drug-likeness (QED) is 0.263. The van der Waals surface area contributed by atoms with Crippen molar-refractivity contribution in [2.24, 2.45) is 0 Å². The van der Waals surface area contributed by atoms with Gasteiger partial charge in [0.05, 0.1) is 0 Å². The van der Waals surface area contributed by atoms with Crippen molar-refractivity contribution < 1.29 is 14.6 Å². The van der Waals surface area contributed by atoms with E-state index in [4.69, 9.17) is 0 Å². The van der Waals surface area contributed by atoms with Crippen LogP contribution in [-0.2, 0) is 9.53 Å². The molecule has 0 saturated heterocycles. The number of cyclic esters (lactones) is 1. The first-order valence-corrected chi connectivity index (χ1v) is 9.48. The van der Waals surface area contributed by atoms with E-state index in [1.165, 1.54) is 70.3 Å². The Kier molecular flexibility index (Phi) is 11.6. The molecule has 0 aromatic rings. The fourth-order valence-corrected chi connectivity index (χ4v) is 2.86. The Balaban J connectivity index is 1.82. The minimum Gasteiger partial charge on any atom is -0.429 e. The molecule has 1 N–H and O–H groups in total. The number of unbranched alkanes of at least 4 members (excludes halogenated alkanes) is 10. The highest BCUT2D eigenvalue weighted by atomic mass is 16.6. The number of aliphatic hydroxyl groups is 1. The standard InChI is InChI=1S/C20H34O3/c1-2-3-4-5-6-7-8-9-10-11-12-13-14-15-16-18-17-19(21)23-20(18)22/h7-8,17,20,22H,2-6,9-16H2,1H3. The second kappa shape index (κ2) is 13.4. The summed E-state index contributed by atoms with van der Waals surface area (Å²) in [5.41, 5.74) is 0.735. The van der Waals surface area contributed by atoms with E-state index in [1.54, 1.807) is 0 Å². The van der Waals surface area contributed by atoms with Gasteiger partial charge in [0.15, 0.2) is 0 Å². The van der Waals surface area contributed by atoms with Gasteiger partial charge < -0.3 is 9.84 Å². The number of esters is 1. The van der Waals surface area contributed by atoms with E-state index in [1.807, 2.05) is 0 Å². The van der Waals surface area contributed by atoms with Gasteiger partial charge in [0.25, 0.3) is 0 Å². The molecule has 0 spiro atoms. The number of allylic oxidation sites excluding steroid dienone is 2. The first-order valence-electron chi connectivity index (χ1n) is 9.48. The first kappa shape index (κ1) is 20.0. The van der Waals surface area contributed by atoms with E-state index in [2.05, 4.69) is 23.8 Å². The van der Waals surface area contributed by atoms with Gasteiger partial charge in [-0.25, -0.2) is 4.79 Å². The maximum absolute atomic E-state index is 10.9. The average molecular weight is 322 g/mol. The number of ether oxygens (including phenoxy) is 1. The predicted molar refractivity (Wildman–Crippen MR) is 95.0 cm³/mol. The Morgan fingerprint density at radius 2 is 1.52 bits per heavy atom. The van der Waals surface area contributed by atoms with Crippen molar-refractivity contribution in [1.82, 2.24) is 0 Å². The summed E-state index contributed by atoms with van der Waals surface area (Å²) < 4.78 is 4.66. The molecule has 3 nitrogen and oxygen atoms in total. The molecular weight excluding hydrogens is 288 g/mol. The topological polar surface area (TPSA) is 46.5 Å².